The Labute approximate surface area is 204 Å². The maximum atomic E-state index is 13.5. The molecule has 0 bridgehead atoms. The van der Waals surface area contributed by atoms with Crippen molar-refractivity contribution in [3.8, 4) is 0 Å². The van der Waals surface area contributed by atoms with Gasteiger partial charge in [0.2, 0.25) is 5.03 Å². The van der Waals surface area contributed by atoms with Crippen LogP contribution in [-0.4, -0.2) is 91.6 Å². The molecule has 0 N–H and O–H groups in total. The average molecular weight is 510 g/mol. The number of ether oxygens (including phenoxy) is 2. The number of aromatic nitrogens is 2. The van der Waals surface area contributed by atoms with E-state index < -0.39 is 15.8 Å². The van der Waals surface area contributed by atoms with Gasteiger partial charge in [-0.15, -0.1) is 0 Å². The maximum Gasteiger partial charge on any atom is 0.263 e. The SMILES string of the molecule is Cn1cc(C(=O)N2CCC3(CC2)OCCO3)c(S(=O)(=O)N2CCN(c3ccc(Cl)cc3)CC2)n1. The van der Waals surface area contributed by atoms with Crippen molar-refractivity contribution >= 4 is 33.2 Å². The van der Waals surface area contributed by atoms with Crippen LogP contribution in [0.25, 0.3) is 0 Å². The topological polar surface area (TPSA) is 97.2 Å². The number of benzene rings is 1. The Hall–Kier alpha value is -2.18. The Morgan fingerprint density at radius 2 is 1.62 bits per heavy atom. The Morgan fingerprint density at radius 3 is 2.24 bits per heavy atom. The second-order valence-corrected chi connectivity index (χ2v) is 11.1. The van der Waals surface area contributed by atoms with Crippen LogP contribution in [0.3, 0.4) is 0 Å². The fraction of sp³-hybridized carbons (Fsp3) is 0.545. The highest BCUT2D eigenvalue weighted by atomic mass is 35.5. The minimum absolute atomic E-state index is 0.104. The Bertz CT molecular complexity index is 1140. The second kappa shape index (κ2) is 9.12. The van der Waals surface area contributed by atoms with Crippen molar-refractivity contribution in [1.29, 1.82) is 0 Å². The third kappa shape index (κ3) is 4.42. The van der Waals surface area contributed by atoms with Crippen molar-refractivity contribution in [1.82, 2.24) is 19.0 Å². The lowest BCUT2D eigenvalue weighted by Gasteiger charge is -2.37. The number of sulfonamides is 1. The van der Waals surface area contributed by atoms with Gasteiger partial charge in [0, 0.05) is 76.1 Å². The van der Waals surface area contributed by atoms with Crippen LogP contribution >= 0.6 is 11.6 Å². The quantitative estimate of drug-likeness (QED) is 0.617. The van der Waals surface area contributed by atoms with Gasteiger partial charge in [-0.2, -0.15) is 9.40 Å². The van der Waals surface area contributed by atoms with Crippen molar-refractivity contribution in [2.45, 2.75) is 23.7 Å². The number of carbonyl (C=O) groups is 1. The highest BCUT2D eigenvalue weighted by Crippen LogP contribution is 2.32. The van der Waals surface area contributed by atoms with E-state index in [0.717, 1.165) is 5.69 Å². The normalized spacial score (nSPS) is 21.4. The zero-order valence-corrected chi connectivity index (χ0v) is 20.6. The number of hydrogen-bond acceptors (Lipinski definition) is 7. The number of aryl methyl sites for hydroxylation is 1. The number of hydrogen-bond donors (Lipinski definition) is 0. The molecular weight excluding hydrogens is 482 g/mol. The summed E-state index contributed by atoms with van der Waals surface area (Å²) in [6.07, 6.45) is 2.62. The zero-order chi connectivity index (χ0) is 23.9. The molecule has 0 unspecified atom stereocenters. The lowest BCUT2D eigenvalue weighted by atomic mass is 10.0. The monoisotopic (exact) mass is 509 g/mol. The van der Waals surface area contributed by atoms with Gasteiger partial charge in [-0.25, -0.2) is 8.42 Å². The first-order chi connectivity index (χ1) is 16.3. The predicted molar refractivity (Wildman–Crippen MR) is 125 cm³/mol. The van der Waals surface area contributed by atoms with Crippen molar-refractivity contribution < 1.29 is 22.7 Å². The van der Waals surface area contributed by atoms with Crippen molar-refractivity contribution in [3.63, 3.8) is 0 Å². The van der Waals surface area contributed by atoms with Crippen molar-refractivity contribution in [2.24, 2.45) is 7.05 Å². The van der Waals surface area contributed by atoms with Crippen molar-refractivity contribution in [3.05, 3.63) is 41.0 Å². The van der Waals surface area contributed by atoms with Gasteiger partial charge in [0.15, 0.2) is 5.79 Å². The molecule has 0 atom stereocenters. The Kier molecular flexibility index (Phi) is 6.32. The maximum absolute atomic E-state index is 13.5. The molecule has 0 radical (unpaired) electrons. The molecule has 3 aliphatic rings. The van der Waals surface area contributed by atoms with E-state index in [-0.39, 0.29) is 16.5 Å². The van der Waals surface area contributed by atoms with E-state index in [1.165, 1.54) is 15.2 Å². The molecular formula is C22H28ClN5O5S. The summed E-state index contributed by atoms with van der Waals surface area (Å²) < 4.78 is 41.3. The molecule has 34 heavy (non-hydrogen) atoms. The second-order valence-electron chi connectivity index (χ2n) is 8.79. The molecule has 0 aliphatic carbocycles. The number of piperidine rings is 1. The van der Waals surface area contributed by atoms with Crippen LogP contribution in [0.5, 0.6) is 0 Å². The van der Waals surface area contributed by atoms with E-state index in [1.54, 1.807) is 11.9 Å². The highest BCUT2D eigenvalue weighted by molar-refractivity contribution is 7.89. The summed E-state index contributed by atoms with van der Waals surface area (Å²) in [6.45, 7) is 3.66. The van der Waals surface area contributed by atoms with Crippen LogP contribution in [-0.2, 0) is 26.5 Å². The van der Waals surface area contributed by atoms with Crippen molar-refractivity contribution in [2.75, 3.05) is 57.4 Å². The summed E-state index contributed by atoms with van der Waals surface area (Å²) in [6, 6.07) is 7.48. The van der Waals surface area contributed by atoms with E-state index in [9.17, 15) is 13.2 Å². The number of likely N-dealkylation sites (tertiary alicyclic amines) is 1. The fourth-order valence-electron chi connectivity index (χ4n) is 4.77. The largest absolute Gasteiger partial charge is 0.369 e. The molecule has 0 saturated carbocycles. The van der Waals surface area contributed by atoms with Gasteiger partial charge in [-0.05, 0) is 24.3 Å². The molecule has 3 fully saturated rings. The molecule has 2 aromatic rings. The van der Waals surface area contributed by atoms with Crippen LogP contribution in [0, 0.1) is 0 Å². The smallest absolute Gasteiger partial charge is 0.263 e. The van der Waals surface area contributed by atoms with Gasteiger partial charge in [0.1, 0.15) is 0 Å². The number of piperazine rings is 1. The van der Waals surface area contributed by atoms with Gasteiger partial charge >= 0.3 is 0 Å². The Balaban J connectivity index is 1.29. The first-order valence-electron chi connectivity index (χ1n) is 11.4. The number of carbonyl (C=O) groups excluding carboxylic acids is 1. The highest BCUT2D eigenvalue weighted by Gasteiger charge is 2.42. The zero-order valence-electron chi connectivity index (χ0n) is 19.0. The molecule has 3 aliphatic heterocycles. The van der Waals surface area contributed by atoms with Gasteiger partial charge in [0.25, 0.3) is 15.9 Å². The molecule has 5 rings (SSSR count). The van der Waals surface area contributed by atoms with Crippen LogP contribution in [0.2, 0.25) is 5.02 Å². The molecule has 12 heteroatoms. The first kappa shape index (κ1) is 23.6. The lowest BCUT2D eigenvalue weighted by Crippen LogP contribution is -2.49. The predicted octanol–water partition coefficient (Wildman–Crippen LogP) is 1.56. The first-order valence-corrected chi connectivity index (χ1v) is 13.2. The molecule has 4 heterocycles. The van der Waals surface area contributed by atoms with Crippen LogP contribution in [0.4, 0.5) is 5.69 Å². The van der Waals surface area contributed by atoms with Gasteiger partial charge < -0.3 is 19.3 Å². The Morgan fingerprint density at radius 1 is 1.00 bits per heavy atom. The van der Waals surface area contributed by atoms with Crippen LogP contribution < -0.4 is 4.90 Å². The van der Waals surface area contributed by atoms with Gasteiger partial charge in [0.05, 0.1) is 18.8 Å². The third-order valence-corrected chi connectivity index (χ3v) is 8.75. The van der Waals surface area contributed by atoms with Crippen LogP contribution in [0.1, 0.15) is 23.2 Å². The summed E-state index contributed by atoms with van der Waals surface area (Å²) in [5.41, 5.74) is 1.10. The average Bonchev–Trinajstić information content (AvgIpc) is 3.47. The fourth-order valence-corrected chi connectivity index (χ4v) is 6.44. The summed E-state index contributed by atoms with van der Waals surface area (Å²) in [5, 5.41) is 4.66. The minimum Gasteiger partial charge on any atom is -0.369 e. The molecule has 1 spiro atoms. The summed E-state index contributed by atoms with van der Waals surface area (Å²) in [7, 11) is -2.31. The van der Waals surface area contributed by atoms with E-state index >= 15 is 0 Å². The number of nitrogens with zero attached hydrogens (tertiary/aromatic N) is 5. The van der Waals surface area contributed by atoms with E-state index in [0.29, 0.717) is 70.3 Å². The number of anilines is 1. The van der Waals surface area contributed by atoms with Crippen LogP contribution in [0.15, 0.2) is 35.5 Å². The number of rotatable bonds is 4. The molecule has 1 amide bonds. The minimum atomic E-state index is -3.93. The molecule has 1 aromatic heterocycles. The summed E-state index contributed by atoms with van der Waals surface area (Å²) >= 11 is 5.97. The molecule has 10 nitrogen and oxygen atoms in total. The van der Waals surface area contributed by atoms with Gasteiger partial charge in [-0.3, -0.25) is 9.48 Å². The molecule has 3 saturated heterocycles. The lowest BCUT2D eigenvalue weighted by molar-refractivity contribution is -0.181. The van der Waals surface area contributed by atoms with E-state index in [2.05, 4.69) is 10.00 Å². The number of halogens is 1. The third-order valence-electron chi connectivity index (χ3n) is 6.67. The summed E-state index contributed by atoms with van der Waals surface area (Å²) in [5.74, 6) is -0.941. The molecule has 184 valence electrons. The van der Waals surface area contributed by atoms with E-state index in [4.69, 9.17) is 21.1 Å². The molecule has 1 aromatic carbocycles. The van der Waals surface area contributed by atoms with Gasteiger partial charge in [-0.1, -0.05) is 11.6 Å². The van der Waals surface area contributed by atoms with E-state index in [1.807, 2.05) is 24.3 Å². The summed E-state index contributed by atoms with van der Waals surface area (Å²) in [4.78, 5) is 17.1. The number of amides is 1. The standard InChI is InChI=1S/C22H28ClN5O5S/c1-25-16-19(21(29)27-8-6-22(7-9-27)32-14-15-33-22)20(24-25)34(30,31)28-12-10-26(11-13-28)18-4-2-17(23)3-5-18/h2-5,16H,6-15H2,1H3.